The van der Waals surface area contributed by atoms with Crippen LogP contribution in [0.4, 0.5) is 5.69 Å². The molecule has 0 bridgehead atoms. The van der Waals surface area contributed by atoms with Gasteiger partial charge in [-0.05, 0) is 56.5 Å². The molecule has 272 valence electrons. The number of allylic oxidation sites excluding steroid dienone is 1. The van der Waals surface area contributed by atoms with Gasteiger partial charge in [-0.15, -0.1) is 0 Å². The summed E-state index contributed by atoms with van der Waals surface area (Å²) in [6.07, 6.45) is 3.09. The third-order valence-electron chi connectivity index (χ3n) is 10.8. The van der Waals surface area contributed by atoms with Gasteiger partial charge in [-0.3, -0.25) is 9.79 Å². The Morgan fingerprint density at radius 2 is 1.88 bits per heavy atom. The summed E-state index contributed by atoms with van der Waals surface area (Å²) in [5.74, 6) is 1.12. The van der Waals surface area contributed by atoms with E-state index in [1.807, 2.05) is 24.1 Å². The molecule has 13 heteroatoms. The van der Waals surface area contributed by atoms with Crippen LogP contribution in [0, 0.1) is 12.8 Å². The van der Waals surface area contributed by atoms with E-state index < -0.39 is 48.8 Å². The van der Waals surface area contributed by atoms with Gasteiger partial charge in [-0.1, -0.05) is 25.0 Å². The van der Waals surface area contributed by atoms with Gasteiger partial charge in [0.05, 0.1) is 24.2 Å². The molecular weight excluding hydrogens is 660 g/mol. The molecule has 1 aliphatic carbocycles. The van der Waals surface area contributed by atoms with Gasteiger partial charge in [0.25, 0.3) is 0 Å². The highest BCUT2D eigenvalue weighted by molar-refractivity contribution is 5.96. The maximum Gasteiger partial charge on any atom is 0.193 e. The van der Waals surface area contributed by atoms with Crippen LogP contribution in [0.3, 0.4) is 0 Å². The summed E-state index contributed by atoms with van der Waals surface area (Å²) < 4.78 is 13.3. The number of rotatable bonds is 12. The predicted octanol–water partition coefficient (Wildman–Crippen LogP) is 2.73. The van der Waals surface area contributed by atoms with Crippen LogP contribution in [-0.2, 0) is 22.6 Å². The van der Waals surface area contributed by atoms with Crippen molar-refractivity contribution >= 4 is 22.9 Å². The van der Waals surface area contributed by atoms with Crippen LogP contribution < -0.4 is 15.1 Å². The Kier molecular flexibility index (Phi) is 9.56. The van der Waals surface area contributed by atoms with Gasteiger partial charge in [0.1, 0.15) is 59.4 Å². The number of aromatic hydroxyl groups is 1. The molecule has 3 aromatic rings. The van der Waals surface area contributed by atoms with Gasteiger partial charge in [-0.2, -0.15) is 0 Å². The van der Waals surface area contributed by atoms with E-state index >= 15 is 0 Å². The van der Waals surface area contributed by atoms with Crippen molar-refractivity contribution in [2.24, 2.45) is 10.9 Å². The molecule has 2 aromatic carbocycles. The Labute approximate surface area is 294 Å². The van der Waals surface area contributed by atoms with Crippen molar-refractivity contribution in [3.63, 3.8) is 0 Å². The van der Waals surface area contributed by atoms with E-state index in [0.717, 1.165) is 37.0 Å². The summed E-state index contributed by atoms with van der Waals surface area (Å²) in [4.78, 5) is 31.8. The lowest BCUT2D eigenvalue weighted by Gasteiger charge is -2.46. The van der Waals surface area contributed by atoms with E-state index in [9.17, 15) is 35.4 Å². The van der Waals surface area contributed by atoms with Gasteiger partial charge >= 0.3 is 0 Å². The molecule has 51 heavy (non-hydrogen) atoms. The highest BCUT2D eigenvalue weighted by Crippen LogP contribution is 2.51. The SMILES string of the molecule is Cc1cc(=O)c2cc3c(c(N4C=C5N=CC=C5C4)c2o1)O[C@](C)(C1CCCC1)[C@H](OOC[C@@](O)(Cc1ccc(O)cc1)[C@@H](O)[C@H](O)[C@H](O)CO)C3. The molecule has 3 aliphatic heterocycles. The third kappa shape index (κ3) is 6.59. The van der Waals surface area contributed by atoms with E-state index in [1.54, 1.807) is 19.2 Å². The van der Waals surface area contributed by atoms with E-state index in [4.69, 9.17) is 18.9 Å². The lowest BCUT2D eigenvalue weighted by Crippen LogP contribution is -2.58. The molecule has 0 spiro atoms. The van der Waals surface area contributed by atoms with Crippen LogP contribution in [0.25, 0.3) is 11.0 Å². The van der Waals surface area contributed by atoms with E-state index in [0.29, 0.717) is 45.8 Å². The summed E-state index contributed by atoms with van der Waals surface area (Å²) >= 11 is 0. The molecule has 7 rings (SSSR count). The van der Waals surface area contributed by atoms with Crippen molar-refractivity contribution in [3.05, 3.63) is 87.1 Å². The first kappa shape index (κ1) is 35.3. The normalized spacial score (nSPS) is 24.5. The maximum atomic E-state index is 13.4. The van der Waals surface area contributed by atoms with Gasteiger partial charge in [0.2, 0.25) is 0 Å². The summed E-state index contributed by atoms with van der Waals surface area (Å²) in [5.41, 5.74) is 0.776. The highest BCUT2D eigenvalue weighted by atomic mass is 17.2. The third-order valence-corrected chi connectivity index (χ3v) is 10.8. The number of ether oxygens (including phenoxy) is 1. The summed E-state index contributed by atoms with van der Waals surface area (Å²) in [6.45, 7) is 2.74. The zero-order valence-corrected chi connectivity index (χ0v) is 28.6. The van der Waals surface area contributed by atoms with Gasteiger partial charge in [0, 0.05) is 48.4 Å². The second-order valence-electron chi connectivity index (χ2n) is 14.4. The molecule has 4 heterocycles. The molecule has 0 amide bonds. The number of anilines is 1. The number of aliphatic hydroxyl groups excluding tert-OH is 4. The lowest BCUT2D eigenvalue weighted by atomic mass is 9.78. The molecule has 0 radical (unpaired) electrons. The Bertz CT molecular complexity index is 1930. The zero-order chi connectivity index (χ0) is 36.1. The van der Waals surface area contributed by atoms with Crippen molar-refractivity contribution < 1.29 is 49.6 Å². The zero-order valence-electron chi connectivity index (χ0n) is 28.6. The predicted molar refractivity (Wildman–Crippen MR) is 187 cm³/mol. The Hall–Kier alpha value is -4.08. The first-order valence-electron chi connectivity index (χ1n) is 17.3. The molecule has 13 nitrogen and oxygen atoms in total. The van der Waals surface area contributed by atoms with Gasteiger partial charge in [-0.25, -0.2) is 9.78 Å². The minimum Gasteiger partial charge on any atom is -0.508 e. The number of hydrogen-bond donors (Lipinski definition) is 6. The van der Waals surface area contributed by atoms with Crippen LogP contribution in [0.5, 0.6) is 11.5 Å². The number of aryl methyl sites for hydroxylation is 1. The highest BCUT2D eigenvalue weighted by Gasteiger charge is 2.51. The largest absolute Gasteiger partial charge is 0.508 e. The average molecular weight is 705 g/mol. The fourth-order valence-electron chi connectivity index (χ4n) is 7.83. The first-order chi connectivity index (χ1) is 24.4. The van der Waals surface area contributed by atoms with E-state index in [-0.39, 0.29) is 29.9 Å². The maximum absolute atomic E-state index is 13.4. The number of hydrogen-bond acceptors (Lipinski definition) is 13. The fourth-order valence-corrected chi connectivity index (χ4v) is 7.83. The number of benzene rings is 2. The summed E-state index contributed by atoms with van der Waals surface area (Å²) in [6, 6.07) is 9.13. The molecule has 0 unspecified atom stereocenters. The molecule has 6 atom stereocenters. The second kappa shape index (κ2) is 13.8. The van der Waals surface area contributed by atoms with Crippen molar-refractivity contribution in [1.82, 2.24) is 0 Å². The second-order valence-corrected chi connectivity index (χ2v) is 14.4. The van der Waals surface area contributed by atoms with Crippen molar-refractivity contribution in [2.75, 3.05) is 24.7 Å². The molecule has 1 saturated carbocycles. The number of nitrogens with zero attached hydrogens (tertiary/aromatic N) is 2. The van der Waals surface area contributed by atoms with E-state index in [1.165, 1.54) is 30.3 Å². The monoisotopic (exact) mass is 704 g/mol. The minimum absolute atomic E-state index is 0.000558. The minimum atomic E-state index is -2.21. The number of phenols is 1. The Morgan fingerprint density at radius 1 is 1.14 bits per heavy atom. The smallest absolute Gasteiger partial charge is 0.193 e. The molecule has 1 aromatic heterocycles. The molecule has 4 aliphatic rings. The van der Waals surface area contributed by atoms with Crippen molar-refractivity contribution in [2.45, 2.75) is 88.0 Å². The van der Waals surface area contributed by atoms with Crippen LogP contribution in [0.15, 0.2) is 74.1 Å². The molecule has 0 saturated heterocycles. The fraction of sp³-hybridized carbons (Fsp3) is 0.474. The van der Waals surface area contributed by atoms with Gasteiger partial charge in [0.15, 0.2) is 16.8 Å². The standard InChI is InChI=1S/C38H44N2O11/c1-21-13-29(43)27-14-24-15-31(51-48-20-38(47,36(46)33(45)30(44)19-41)16-22-7-9-26(42)10-8-22)37(2,25-5-3-4-6-25)50-34(24)32(35(27)49-21)40-17-23-11-12-39-28(23)18-40/h7-14,18,25,30-31,33,36,41-42,44-47H,3-6,15-17,19-20H2,1-2H3/t30-,31-,33-,36+,37-,38+/m1/s1. The first-order valence-corrected chi connectivity index (χ1v) is 17.3. The Morgan fingerprint density at radius 3 is 2.59 bits per heavy atom. The average Bonchev–Trinajstić information content (AvgIpc) is 3.88. The molecule has 6 N–H and O–H groups in total. The number of aliphatic hydroxyl groups is 5. The Balaban J connectivity index is 1.23. The summed E-state index contributed by atoms with van der Waals surface area (Å²) in [5, 5.41) is 63.1. The number of fused-ring (bicyclic) bond motifs is 3. The lowest BCUT2D eigenvalue weighted by molar-refractivity contribution is -0.374. The van der Waals surface area contributed by atoms with Crippen LogP contribution in [0.1, 0.15) is 49.5 Å². The van der Waals surface area contributed by atoms with Crippen LogP contribution in [-0.4, -0.2) is 92.2 Å². The van der Waals surface area contributed by atoms with Gasteiger partial charge < -0.3 is 44.7 Å². The molecule has 1 fully saturated rings. The molecular formula is C38H44N2O11. The van der Waals surface area contributed by atoms with E-state index in [2.05, 4.69) is 4.99 Å². The number of aliphatic imine (C=N–C) groups is 1. The van der Waals surface area contributed by atoms with Crippen molar-refractivity contribution in [1.29, 1.82) is 0 Å². The number of phenolic OH excluding ortho intramolecular Hbond substituents is 1. The van der Waals surface area contributed by atoms with Crippen molar-refractivity contribution in [3.8, 4) is 11.5 Å². The van der Waals surface area contributed by atoms with Crippen LogP contribution in [0.2, 0.25) is 0 Å². The quantitative estimate of drug-likeness (QED) is 0.119. The summed E-state index contributed by atoms with van der Waals surface area (Å²) in [7, 11) is 0. The topological polar surface area (TPSA) is 195 Å². The van der Waals surface area contributed by atoms with Crippen LogP contribution >= 0.6 is 0 Å².